The van der Waals surface area contributed by atoms with Gasteiger partial charge in [0.05, 0.1) is 5.60 Å². The smallest absolute Gasteiger partial charge is 0.379 e. The first-order valence-corrected chi connectivity index (χ1v) is 10.3. The second kappa shape index (κ2) is 9.56. The van der Waals surface area contributed by atoms with E-state index in [0.29, 0.717) is 10.7 Å². The van der Waals surface area contributed by atoms with Crippen LogP contribution in [0.1, 0.15) is 65.2 Å². The highest BCUT2D eigenvalue weighted by molar-refractivity contribution is 9.09. The van der Waals surface area contributed by atoms with Crippen LogP contribution < -0.4 is 0 Å². The van der Waals surface area contributed by atoms with Crippen molar-refractivity contribution in [3.63, 3.8) is 0 Å². The zero-order valence-electron chi connectivity index (χ0n) is 13.5. The van der Waals surface area contributed by atoms with Gasteiger partial charge in [0.2, 0.25) is 0 Å². The summed E-state index contributed by atoms with van der Waals surface area (Å²) in [6.07, 6.45) is 9.88. The molecule has 0 amide bonds. The van der Waals surface area contributed by atoms with Crippen LogP contribution in [0.15, 0.2) is 0 Å². The maximum absolute atomic E-state index is 6.34. The first-order valence-electron chi connectivity index (χ1n) is 7.93. The molecule has 1 fully saturated rings. The number of halogens is 1. The summed E-state index contributed by atoms with van der Waals surface area (Å²) >= 11 is 3.85. The average Bonchev–Trinajstić information content (AvgIpc) is 2.44. The summed E-state index contributed by atoms with van der Waals surface area (Å²) in [4.78, 5) is 0.623. The fourth-order valence-corrected chi connectivity index (χ4v) is 5.07. The zero-order chi connectivity index (χ0) is 15.0. The molecule has 1 saturated carbocycles. The second-order valence-corrected chi connectivity index (χ2v) is 9.16. The molecular formula is C15H31BrO3Si. The van der Waals surface area contributed by atoms with Crippen molar-refractivity contribution in [2.45, 2.75) is 75.6 Å². The minimum atomic E-state index is -1.98. The van der Waals surface area contributed by atoms with Crippen LogP contribution in [0.5, 0.6) is 0 Å². The highest BCUT2D eigenvalue weighted by Crippen LogP contribution is 2.39. The van der Waals surface area contributed by atoms with Gasteiger partial charge in [-0.05, 0) is 38.5 Å². The van der Waals surface area contributed by atoms with Crippen LogP contribution in [0.3, 0.4) is 0 Å². The van der Waals surface area contributed by atoms with Crippen LogP contribution >= 0.6 is 15.9 Å². The van der Waals surface area contributed by atoms with Gasteiger partial charge in [0, 0.05) is 19.0 Å². The van der Waals surface area contributed by atoms with Crippen LogP contribution in [-0.4, -0.2) is 34.2 Å². The van der Waals surface area contributed by atoms with Gasteiger partial charge in [-0.25, -0.2) is 0 Å². The predicted molar refractivity (Wildman–Crippen MR) is 89.5 cm³/mol. The van der Waals surface area contributed by atoms with Crippen LogP contribution in [0.4, 0.5) is 0 Å². The van der Waals surface area contributed by atoms with Gasteiger partial charge in [-0.3, -0.25) is 0 Å². The van der Waals surface area contributed by atoms with E-state index in [9.17, 15) is 0 Å². The third-order valence-electron chi connectivity index (χ3n) is 4.50. The summed E-state index contributed by atoms with van der Waals surface area (Å²) in [5.41, 5.74) is -0.0927. The van der Waals surface area contributed by atoms with Gasteiger partial charge in [-0.15, -0.1) is 0 Å². The van der Waals surface area contributed by atoms with E-state index in [1.165, 1.54) is 44.9 Å². The Bertz CT molecular complexity index is 264. The summed E-state index contributed by atoms with van der Waals surface area (Å²) < 4.78 is 17.1. The number of hydrogen-bond acceptors (Lipinski definition) is 3. The van der Waals surface area contributed by atoms with Gasteiger partial charge >= 0.3 is 9.53 Å². The maximum Gasteiger partial charge on any atom is 0.484 e. The van der Waals surface area contributed by atoms with Crippen LogP contribution in [0.25, 0.3) is 0 Å². The highest BCUT2D eigenvalue weighted by atomic mass is 79.9. The molecule has 3 atom stereocenters. The Hall–Kier alpha value is 0.577. The van der Waals surface area contributed by atoms with E-state index in [-0.39, 0.29) is 5.60 Å². The van der Waals surface area contributed by atoms with Crippen molar-refractivity contribution >= 4 is 25.5 Å². The lowest BCUT2D eigenvalue weighted by atomic mass is 9.76. The van der Waals surface area contributed by atoms with Crippen molar-refractivity contribution in [1.29, 1.82) is 0 Å². The normalized spacial score (nSPS) is 32.1. The monoisotopic (exact) mass is 366 g/mol. The molecular weight excluding hydrogens is 336 g/mol. The Morgan fingerprint density at radius 1 is 1.25 bits per heavy atom. The second-order valence-electron chi connectivity index (χ2n) is 6.11. The van der Waals surface area contributed by atoms with Gasteiger partial charge in [-0.1, -0.05) is 48.5 Å². The Morgan fingerprint density at radius 2 is 1.95 bits per heavy atom. The SMILES string of the molecule is CCCCC1CC(Br)CCCCC1(C)O[SiH](OC)OC. The van der Waals surface area contributed by atoms with E-state index < -0.39 is 9.53 Å². The van der Waals surface area contributed by atoms with E-state index in [2.05, 4.69) is 29.8 Å². The Labute approximate surface area is 134 Å². The largest absolute Gasteiger partial charge is 0.484 e. The molecule has 0 radical (unpaired) electrons. The summed E-state index contributed by atoms with van der Waals surface area (Å²) in [5.74, 6) is 0.590. The fraction of sp³-hybridized carbons (Fsp3) is 1.00. The molecule has 120 valence electrons. The molecule has 0 aliphatic heterocycles. The lowest BCUT2D eigenvalue weighted by Crippen LogP contribution is -2.46. The van der Waals surface area contributed by atoms with Gasteiger partial charge in [0.25, 0.3) is 0 Å². The summed E-state index contributed by atoms with van der Waals surface area (Å²) in [5, 5.41) is 0. The van der Waals surface area contributed by atoms with Gasteiger partial charge in [0.1, 0.15) is 0 Å². The Balaban J connectivity index is 2.80. The molecule has 0 spiro atoms. The van der Waals surface area contributed by atoms with Gasteiger partial charge in [0.15, 0.2) is 0 Å². The lowest BCUT2D eigenvalue weighted by molar-refractivity contribution is -0.0423. The molecule has 1 aliphatic carbocycles. The number of unbranched alkanes of at least 4 members (excludes halogenated alkanes) is 1. The molecule has 3 unspecified atom stereocenters. The lowest BCUT2D eigenvalue weighted by Gasteiger charge is -2.42. The molecule has 0 aromatic rings. The maximum atomic E-state index is 6.34. The first-order chi connectivity index (χ1) is 9.55. The highest BCUT2D eigenvalue weighted by Gasteiger charge is 2.39. The van der Waals surface area contributed by atoms with Crippen LogP contribution in [0, 0.1) is 5.92 Å². The molecule has 1 rings (SSSR count). The molecule has 20 heavy (non-hydrogen) atoms. The molecule has 5 heteroatoms. The Kier molecular flexibility index (Phi) is 8.91. The molecule has 0 saturated heterocycles. The van der Waals surface area contributed by atoms with E-state index in [1.54, 1.807) is 14.2 Å². The van der Waals surface area contributed by atoms with E-state index in [4.69, 9.17) is 13.3 Å². The standard InChI is InChI=1S/C15H31BrO3Si/c1-5-6-9-13-12-14(16)10-7-8-11-15(13,2)19-20(17-3)18-4/h13-14,20H,5-12H2,1-4H3. The van der Waals surface area contributed by atoms with E-state index >= 15 is 0 Å². The minimum Gasteiger partial charge on any atom is -0.379 e. The summed E-state index contributed by atoms with van der Waals surface area (Å²) in [6, 6.07) is 0. The fourth-order valence-electron chi connectivity index (χ4n) is 3.16. The minimum absolute atomic E-state index is 0.0927. The van der Waals surface area contributed by atoms with Crippen molar-refractivity contribution in [2.24, 2.45) is 5.92 Å². The van der Waals surface area contributed by atoms with Crippen molar-refractivity contribution in [1.82, 2.24) is 0 Å². The number of rotatable bonds is 7. The van der Waals surface area contributed by atoms with Gasteiger partial charge in [-0.2, -0.15) is 0 Å². The molecule has 1 aliphatic rings. The van der Waals surface area contributed by atoms with Crippen LogP contribution in [-0.2, 0) is 13.3 Å². The topological polar surface area (TPSA) is 27.7 Å². The quantitative estimate of drug-likeness (QED) is 0.496. The van der Waals surface area contributed by atoms with Crippen molar-refractivity contribution in [3.8, 4) is 0 Å². The third kappa shape index (κ3) is 5.76. The Morgan fingerprint density at radius 3 is 2.55 bits per heavy atom. The molecule has 0 N–H and O–H groups in total. The first kappa shape index (κ1) is 18.6. The zero-order valence-corrected chi connectivity index (χ0v) is 16.2. The molecule has 0 bridgehead atoms. The third-order valence-corrected chi connectivity index (χ3v) is 6.83. The molecule has 0 aromatic heterocycles. The van der Waals surface area contributed by atoms with Crippen LogP contribution in [0.2, 0.25) is 0 Å². The van der Waals surface area contributed by atoms with Crippen molar-refractivity contribution in [2.75, 3.05) is 14.2 Å². The summed E-state index contributed by atoms with van der Waals surface area (Å²) in [6.45, 7) is 4.53. The van der Waals surface area contributed by atoms with Crippen molar-refractivity contribution in [3.05, 3.63) is 0 Å². The predicted octanol–water partition coefficient (Wildman–Crippen LogP) is 4.31. The van der Waals surface area contributed by atoms with E-state index in [1.807, 2.05) is 0 Å². The number of hydrogen-bond donors (Lipinski definition) is 0. The molecule has 3 nitrogen and oxygen atoms in total. The number of alkyl halides is 1. The average molecular weight is 367 g/mol. The molecule has 0 aromatic carbocycles. The van der Waals surface area contributed by atoms with Crippen molar-refractivity contribution < 1.29 is 13.3 Å². The summed E-state index contributed by atoms with van der Waals surface area (Å²) in [7, 11) is 1.42. The van der Waals surface area contributed by atoms with Gasteiger partial charge < -0.3 is 13.3 Å². The van der Waals surface area contributed by atoms with E-state index in [0.717, 1.165) is 6.42 Å². The molecule has 0 heterocycles.